The fraction of sp³-hybridized carbons (Fsp3) is 0. The van der Waals surface area contributed by atoms with Gasteiger partial charge in [-0.1, -0.05) is 140 Å². The molecule has 2 aromatic heterocycles. The van der Waals surface area contributed by atoms with E-state index >= 15 is 0 Å². The molecule has 0 unspecified atom stereocenters. The molecule has 0 atom stereocenters. The van der Waals surface area contributed by atoms with Gasteiger partial charge in [0.2, 0.25) is 0 Å². The lowest BCUT2D eigenvalue weighted by molar-refractivity contribution is 0.670. The summed E-state index contributed by atoms with van der Waals surface area (Å²) in [6.45, 7) is 0. The molecule has 1 aliphatic heterocycles. The maximum absolute atomic E-state index is 6.71. The minimum Gasteiger partial charge on any atom is -0.455 e. The summed E-state index contributed by atoms with van der Waals surface area (Å²) in [6.07, 6.45) is 6.23. The van der Waals surface area contributed by atoms with Crippen molar-refractivity contribution in [2.45, 2.75) is 0 Å². The standard InChI is InChI=1S/C48H30N2OS/c1-3-12-31(13-4-1)32-22-24-33(25-23-32)36-28-29-40(46-39-17-7-9-20-43(39)51-47(36)46)48-49-41(34-14-5-2-6-15-34)18-11-19-42(50-48)35-26-27-38-37-16-8-10-21-44(37)52-45(38)30-35/h1-30H/b18-11+,19-11?,41-18?,42-19+,49-41+,49-48?,50-42?,50-48-. The second kappa shape index (κ2) is 12.6. The van der Waals surface area contributed by atoms with Crippen LogP contribution in [0.15, 0.2) is 196 Å². The van der Waals surface area contributed by atoms with Crippen molar-refractivity contribution in [3.05, 3.63) is 199 Å². The summed E-state index contributed by atoms with van der Waals surface area (Å²) >= 11 is 1.81. The first-order valence-corrected chi connectivity index (χ1v) is 18.2. The highest BCUT2D eigenvalue weighted by molar-refractivity contribution is 7.25. The number of para-hydroxylation sites is 1. The molecule has 0 aliphatic carbocycles. The Labute approximate surface area is 304 Å². The molecule has 0 radical (unpaired) electrons. The van der Waals surface area contributed by atoms with Crippen molar-refractivity contribution < 1.29 is 4.42 Å². The van der Waals surface area contributed by atoms with Crippen molar-refractivity contribution in [1.82, 2.24) is 0 Å². The molecule has 7 aromatic carbocycles. The number of rotatable bonds is 5. The summed E-state index contributed by atoms with van der Waals surface area (Å²) in [5, 5.41) is 4.58. The minimum atomic E-state index is 0.633. The van der Waals surface area contributed by atoms with Gasteiger partial charge in [0, 0.05) is 53.2 Å². The van der Waals surface area contributed by atoms with Crippen LogP contribution in [-0.4, -0.2) is 11.5 Å². The quantitative estimate of drug-likeness (QED) is 0.178. The van der Waals surface area contributed by atoms with E-state index in [4.69, 9.17) is 14.4 Å². The Morgan fingerprint density at radius 2 is 1.10 bits per heavy atom. The van der Waals surface area contributed by atoms with Crippen LogP contribution in [0.25, 0.3) is 70.1 Å². The zero-order valence-electron chi connectivity index (χ0n) is 28.0. The fourth-order valence-corrected chi connectivity index (χ4v) is 8.35. The second-order valence-corrected chi connectivity index (χ2v) is 14.0. The number of amidine groups is 1. The minimum absolute atomic E-state index is 0.633. The van der Waals surface area contributed by atoms with Crippen molar-refractivity contribution >= 4 is 70.7 Å². The van der Waals surface area contributed by atoms with Gasteiger partial charge in [0.05, 0.1) is 11.4 Å². The highest BCUT2D eigenvalue weighted by Crippen LogP contribution is 2.40. The van der Waals surface area contributed by atoms with Gasteiger partial charge in [-0.15, -0.1) is 11.3 Å². The summed E-state index contributed by atoms with van der Waals surface area (Å²) in [4.78, 5) is 10.7. The Balaban J connectivity index is 1.17. The fourth-order valence-electron chi connectivity index (χ4n) is 7.21. The average molecular weight is 683 g/mol. The third-order valence-corrected chi connectivity index (χ3v) is 10.9. The van der Waals surface area contributed by atoms with Gasteiger partial charge in [-0.05, 0) is 59.2 Å². The van der Waals surface area contributed by atoms with Crippen LogP contribution in [0, 0.1) is 0 Å². The summed E-state index contributed by atoms with van der Waals surface area (Å²) in [5.41, 5.74) is 10.8. The van der Waals surface area contributed by atoms with Crippen molar-refractivity contribution in [3.8, 4) is 22.3 Å². The number of fused-ring (bicyclic) bond motifs is 6. The third kappa shape index (κ3) is 5.29. The zero-order valence-corrected chi connectivity index (χ0v) is 28.8. The molecular weight excluding hydrogens is 653 g/mol. The van der Waals surface area contributed by atoms with E-state index in [0.29, 0.717) is 5.84 Å². The molecule has 0 N–H and O–H groups in total. The van der Waals surface area contributed by atoms with Gasteiger partial charge >= 0.3 is 0 Å². The summed E-state index contributed by atoms with van der Waals surface area (Å²) in [7, 11) is 0. The third-order valence-electron chi connectivity index (χ3n) is 9.78. The number of hydrogen-bond acceptors (Lipinski definition) is 4. The molecular formula is C48H30N2OS. The SMILES string of the molecule is C1=C/C(c2ccccc2)=N\C(c2ccc(-c3ccc(-c4ccccc4)cc3)c3oc4ccccc4c23)=N/C(c2ccc3c(c2)sc2ccccc23)=C/1. The van der Waals surface area contributed by atoms with Crippen LogP contribution in [0.1, 0.15) is 16.7 Å². The number of aliphatic imine (C=N–C) groups is 2. The molecule has 244 valence electrons. The summed E-state index contributed by atoms with van der Waals surface area (Å²) in [6, 6.07) is 57.3. The van der Waals surface area contributed by atoms with Crippen molar-refractivity contribution in [3.63, 3.8) is 0 Å². The van der Waals surface area contributed by atoms with E-state index in [9.17, 15) is 0 Å². The Morgan fingerprint density at radius 3 is 1.92 bits per heavy atom. The summed E-state index contributed by atoms with van der Waals surface area (Å²) < 4.78 is 9.23. The van der Waals surface area contributed by atoms with Crippen molar-refractivity contribution in [2.75, 3.05) is 0 Å². The Bertz CT molecular complexity index is 2930. The molecule has 3 heterocycles. The monoisotopic (exact) mass is 682 g/mol. The van der Waals surface area contributed by atoms with Crippen LogP contribution < -0.4 is 0 Å². The van der Waals surface area contributed by atoms with Crippen LogP contribution >= 0.6 is 11.3 Å². The molecule has 4 heteroatoms. The first kappa shape index (κ1) is 30.2. The molecule has 1 aliphatic rings. The molecule has 0 spiro atoms. The highest BCUT2D eigenvalue weighted by atomic mass is 32.1. The van der Waals surface area contributed by atoms with E-state index in [-0.39, 0.29) is 0 Å². The van der Waals surface area contributed by atoms with Crippen LogP contribution in [0.2, 0.25) is 0 Å². The number of nitrogens with zero attached hydrogens (tertiary/aromatic N) is 2. The molecule has 3 nitrogen and oxygen atoms in total. The second-order valence-electron chi connectivity index (χ2n) is 12.9. The van der Waals surface area contributed by atoms with E-state index in [1.165, 1.54) is 31.3 Å². The molecule has 0 amide bonds. The van der Waals surface area contributed by atoms with Gasteiger partial charge in [0.15, 0.2) is 5.84 Å². The van der Waals surface area contributed by atoms with E-state index < -0.39 is 0 Å². The van der Waals surface area contributed by atoms with Crippen LogP contribution in [0.4, 0.5) is 0 Å². The van der Waals surface area contributed by atoms with Crippen LogP contribution in [-0.2, 0) is 0 Å². The van der Waals surface area contributed by atoms with Crippen molar-refractivity contribution in [2.24, 2.45) is 9.98 Å². The number of furan rings is 1. The summed E-state index contributed by atoms with van der Waals surface area (Å²) in [5.74, 6) is 0.633. The first-order chi connectivity index (χ1) is 25.8. The average Bonchev–Trinajstić information content (AvgIpc) is 3.77. The van der Waals surface area contributed by atoms with Gasteiger partial charge in [-0.2, -0.15) is 0 Å². The maximum atomic E-state index is 6.71. The molecule has 9 aromatic rings. The Kier molecular flexibility index (Phi) is 7.33. The predicted octanol–water partition coefficient (Wildman–Crippen LogP) is 13.1. The Morgan fingerprint density at radius 1 is 0.462 bits per heavy atom. The predicted molar refractivity (Wildman–Crippen MR) is 221 cm³/mol. The lowest BCUT2D eigenvalue weighted by Crippen LogP contribution is -2.07. The number of hydrogen-bond donors (Lipinski definition) is 0. The number of benzene rings is 7. The maximum Gasteiger partial charge on any atom is 0.161 e. The van der Waals surface area contributed by atoms with E-state index in [1.54, 1.807) is 0 Å². The van der Waals surface area contributed by atoms with Crippen molar-refractivity contribution in [1.29, 1.82) is 0 Å². The van der Waals surface area contributed by atoms with Crippen LogP contribution in [0.3, 0.4) is 0 Å². The van der Waals surface area contributed by atoms with Gasteiger partial charge in [0.1, 0.15) is 11.2 Å². The van der Waals surface area contributed by atoms with Gasteiger partial charge < -0.3 is 4.42 Å². The van der Waals surface area contributed by atoms with Gasteiger partial charge in [-0.25, -0.2) is 9.98 Å². The number of allylic oxidation sites excluding steroid dienone is 3. The largest absolute Gasteiger partial charge is 0.455 e. The highest BCUT2D eigenvalue weighted by Gasteiger charge is 2.21. The topological polar surface area (TPSA) is 37.9 Å². The zero-order chi connectivity index (χ0) is 34.4. The molecule has 0 saturated heterocycles. The number of thiophene rings is 1. The van der Waals surface area contributed by atoms with Gasteiger partial charge in [-0.3, -0.25) is 0 Å². The molecule has 10 rings (SSSR count). The van der Waals surface area contributed by atoms with E-state index in [1.807, 2.05) is 47.7 Å². The normalized spacial score (nSPS) is 16.9. The Hall–Kier alpha value is -6.62. The van der Waals surface area contributed by atoms with Gasteiger partial charge in [0.25, 0.3) is 0 Å². The van der Waals surface area contributed by atoms with E-state index in [2.05, 4.69) is 146 Å². The smallest absolute Gasteiger partial charge is 0.161 e. The molecule has 0 bridgehead atoms. The van der Waals surface area contributed by atoms with Crippen LogP contribution in [0.5, 0.6) is 0 Å². The van der Waals surface area contributed by atoms with E-state index in [0.717, 1.165) is 61.2 Å². The molecule has 52 heavy (non-hydrogen) atoms. The first-order valence-electron chi connectivity index (χ1n) is 17.4. The molecule has 0 fully saturated rings. The molecule has 0 saturated carbocycles. The lowest BCUT2D eigenvalue weighted by atomic mass is 9.96. The lowest BCUT2D eigenvalue weighted by Gasteiger charge is -2.13.